The molecule has 0 aliphatic carbocycles. The maximum absolute atomic E-state index is 12.4. The monoisotopic (exact) mass is 279 g/mol. The Hall–Kier alpha value is -2.42. The Balaban J connectivity index is 1.81. The zero-order chi connectivity index (χ0) is 14.8. The molecule has 3 nitrogen and oxygen atoms in total. The molecule has 1 aliphatic heterocycles. The van der Waals surface area contributed by atoms with Gasteiger partial charge < -0.3 is 5.32 Å². The minimum absolute atomic E-state index is 0.0429. The van der Waals surface area contributed by atoms with Crippen molar-refractivity contribution in [3.05, 3.63) is 64.7 Å². The summed E-state index contributed by atoms with van der Waals surface area (Å²) in [7, 11) is 0. The first kappa shape index (κ1) is 13.6. The first-order valence-corrected chi connectivity index (χ1v) is 7.13. The number of ketones is 1. The van der Waals surface area contributed by atoms with Crippen LogP contribution in [0.4, 0.5) is 5.69 Å². The van der Waals surface area contributed by atoms with Crippen LogP contribution in [0.1, 0.15) is 33.5 Å². The Morgan fingerprint density at radius 2 is 2.00 bits per heavy atom. The van der Waals surface area contributed by atoms with Crippen LogP contribution in [0.15, 0.2) is 42.5 Å². The fourth-order valence-corrected chi connectivity index (χ4v) is 2.67. The summed E-state index contributed by atoms with van der Waals surface area (Å²) in [6.45, 7) is 2.02. The molecular weight excluding hydrogens is 262 g/mol. The summed E-state index contributed by atoms with van der Waals surface area (Å²) in [5.41, 5.74) is 4.79. The van der Waals surface area contributed by atoms with Gasteiger partial charge in [0, 0.05) is 24.1 Å². The van der Waals surface area contributed by atoms with Crippen LogP contribution >= 0.6 is 0 Å². The van der Waals surface area contributed by atoms with Crippen LogP contribution in [0.25, 0.3) is 0 Å². The molecule has 2 aromatic carbocycles. The summed E-state index contributed by atoms with van der Waals surface area (Å²) < 4.78 is 0. The third kappa shape index (κ3) is 3.02. The molecule has 106 valence electrons. The Morgan fingerprint density at radius 1 is 1.14 bits per heavy atom. The normalized spacial score (nSPS) is 13.5. The van der Waals surface area contributed by atoms with E-state index in [4.69, 9.17) is 0 Å². The number of carbonyl (C=O) groups excluding carboxylic acids is 2. The van der Waals surface area contributed by atoms with Gasteiger partial charge in [0.05, 0.1) is 0 Å². The number of benzene rings is 2. The average Bonchev–Trinajstić information content (AvgIpc) is 2.46. The average molecular weight is 279 g/mol. The summed E-state index contributed by atoms with van der Waals surface area (Å²) in [4.78, 5) is 23.7. The van der Waals surface area contributed by atoms with E-state index in [0.717, 1.165) is 22.4 Å². The van der Waals surface area contributed by atoms with Crippen LogP contribution in [0.5, 0.6) is 0 Å². The number of rotatable bonds is 3. The van der Waals surface area contributed by atoms with Gasteiger partial charge in [-0.3, -0.25) is 9.59 Å². The van der Waals surface area contributed by atoms with E-state index in [1.807, 2.05) is 43.3 Å². The topological polar surface area (TPSA) is 46.2 Å². The number of hydrogen-bond donors (Lipinski definition) is 1. The van der Waals surface area contributed by atoms with E-state index in [9.17, 15) is 9.59 Å². The Labute approximate surface area is 124 Å². The number of Topliss-reactive ketones (excluding diaryl/α,β-unsaturated/α-hetero) is 1. The van der Waals surface area contributed by atoms with Crippen molar-refractivity contribution >= 4 is 17.4 Å². The van der Waals surface area contributed by atoms with Crippen molar-refractivity contribution in [3.63, 3.8) is 0 Å². The molecule has 21 heavy (non-hydrogen) atoms. The molecule has 1 aliphatic rings. The first-order valence-electron chi connectivity index (χ1n) is 7.13. The lowest BCUT2D eigenvalue weighted by molar-refractivity contribution is -0.116. The van der Waals surface area contributed by atoms with Crippen molar-refractivity contribution in [2.24, 2.45) is 0 Å². The number of anilines is 1. The van der Waals surface area contributed by atoms with Gasteiger partial charge in [-0.1, -0.05) is 29.8 Å². The van der Waals surface area contributed by atoms with Gasteiger partial charge in [-0.05, 0) is 42.7 Å². The Morgan fingerprint density at radius 3 is 2.81 bits per heavy atom. The van der Waals surface area contributed by atoms with E-state index in [1.165, 1.54) is 0 Å². The molecular formula is C18H17NO2. The van der Waals surface area contributed by atoms with Crippen LogP contribution in [0.3, 0.4) is 0 Å². The maximum Gasteiger partial charge on any atom is 0.224 e. The molecule has 0 unspecified atom stereocenters. The zero-order valence-corrected chi connectivity index (χ0v) is 12.0. The van der Waals surface area contributed by atoms with E-state index in [1.54, 1.807) is 6.07 Å². The van der Waals surface area contributed by atoms with Crippen LogP contribution in [0, 0.1) is 6.92 Å². The Bertz CT molecular complexity index is 719. The lowest BCUT2D eigenvalue weighted by Crippen LogP contribution is -2.19. The number of carbonyl (C=O) groups is 2. The van der Waals surface area contributed by atoms with Gasteiger partial charge in [0.2, 0.25) is 5.91 Å². The largest absolute Gasteiger partial charge is 0.326 e. The minimum Gasteiger partial charge on any atom is -0.326 e. The molecule has 1 N–H and O–H groups in total. The van der Waals surface area contributed by atoms with Crippen molar-refractivity contribution in [2.75, 3.05) is 5.32 Å². The predicted octanol–water partition coefficient (Wildman–Crippen LogP) is 3.31. The van der Waals surface area contributed by atoms with E-state index < -0.39 is 0 Å². The van der Waals surface area contributed by atoms with Crippen molar-refractivity contribution in [1.82, 2.24) is 0 Å². The SMILES string of the molecule is Cc1cccc(CC(=O)c2ccc3c(c2)CCC(=O)N3)c1. The molecule has 0 fully saturated rings. The van der Waals surface area contributed by atoms with Crippen LogP contribution in [-0.2, 0) is 17.6 Å². The molecule has 0 saturated carbocycles. The molecule has 3 heteroatoms. The van der Waals surface area contributed by atoms with Crippen LogP contribution < -0.4 is 5.32 Å². The second-order valence-corrected chi connectivity index (χ2v) is 5.51. The van der Waals surface area contributed by atoms with E-state index in [-0.39, 0.29) is 11.7 Å². The van der Waals surface area contributed by atoms with Gasteiger partial charge in [-0.25, -0.2) is 0 Å². The van der Waals surface area contributed by atoms with Crippen molar-refractivity contribution < 1.29 is 9.59 Å². The highest BCUT2D eigenvalue weighted by atomic mass is 16.1. The highest BCUT2D eigenvalue weighted by Gasteiger charge is 2.16. The molecule has 2 aromatic rings. The van der Waals surface area contributed by atoms with Gasteiger partial charge in [-0.2, -0.15) is 0 Å². The van der Waals surface area contributed by atoms with Gasteiger partial charge in [0.15, 0.2) is 5.78 Å². The molecule has 0 spiro atoms. The summed E-state index contributed by atoms with van der Waals surface area (Å²) in [5.74, 6) is 0.154. The maximum atomic E-state index is 12.4. The summed E-state index contributed by atoms with van der Waals surface area (Å²) in [6.07, 6.45) is 1.60. The number of nitrogens with one attached hydrogen (secondary N) is 1. The molecule has 0 bridgehead atoms. The number of hydrogen-bond acceptors (Lipinski definition) is 2. The highest BCUT2D eigenvalue weighted by molar-refractivity contribution is 5.99. The third-order valence-electron chi connectivity index (χ3n) is 3.77. The predicted molar refractivity (Wildman–Crippen MR) is 82.6 cm³/mol. The highest BCUT2D eigenvalue weighted by Crippen LogP contribution is 2.24. The second kappa shape index (κ2) is 5.52. The number of fused-ring (bicyclic) bond motifs is 1. The Kier molecular flexibility index (Phi) is 3.57. The van der Waals surface area contributed by atoms with E-state index in [0.29, 0.717) is 24.8 Å². The standard InChI is InChI=1S/C18H17NO2/c1-12-3-2-4-13(9-12)10-17(20)15-5-7-16-14(11-15)6-8-18(21)19-16/h2-5,7,9,11H,6,8,10H2,1H3,(H,19,21). The number of amides is 1. The fourth-order valence-electron chi connectivity index (χ4n) is 2.67. The van der Waals surface area contributed by atoms with Crippen molar-refractivity contribution in [3.8, 4) is 0 Å². The number of aryl methyl sites for hydroxylation is 2. The van der Waals surface area contributed by atoms with Gasteiger partial charge in [0.1, 0.15) is 0 Å². The van der Waals surface area contributed by atoms with Gasteiger partial charge in [-0.15, -0.1) is 0 Å². The molecule has 0 aromatic heterocycles. The molecule has 1 amide bonds. The summed E-state index contributed by atoms with van der Waals surface area (Å²) in [6, 6.07) is 13.5. The van der Waals surface area contributed by atoms with E-state index >= 15 is 0 Å². The van der Waals surface area contributed by atoms with E-state index in [2.05, 4.69) is 5.32 Å². The fraction of sp³-hybridized carbons (Fsp3) is 0.222. The smallest absolute Gasteiger partial charge is 0.224 e. The van der Waals surface area contributed by atoms with Crippen molar-refractivity contribution in [1.29, 1.82) is 0 Å². The summed E-state index contributed by atoms with van der Waals surface area (Å²) >= 11 is 0. The quantitative estimate of drug-likeness (QED) is 0.876. The zero-order valence-electron chi connectivity index (χ0n) is 12.0. The third-order valence-corrected chi connectivity index (χ3v) is 3.77. The van der Waals surface area contributed by atoms with Gasteiger partial charge >= 0.3 is 0 Å². The molecule has 0 atom stereocenters. The minimum atomic E-state index is 0.0429. The second-order valence-electron chi connectivity index (χ2n) is 5.51. The molecule has 3 rings (SSSR count). The lowest BCUT2D eigenvalue weighted by atomic mass is 9.96. The van der Waals surface area contributed by atoms with Gasteiger partial charge in [0.25, 0.3) is 0 Å². The lowest BCUT2D eigenvalue weighted by Gasteiger charge is -2.17. The first-order chi connectivity index (χ1) is 10.1. The summed E-state index contributed by atoms with van der Waals surface area (Å²) in [5, 5.41) is 2.83. The molecule has 0 saturated heterocycles. The van der Waals surface area contributed by atoms with Crippen LogP contribution in [0.2, 0.25) is 0 Å². The molecule has 0 radical (unpaired) electrons. The van der Waals surface area contributed by atoms with Crippen molar-refractivity contribution in [2.45, 2.75) is 26.2 Å². The molecule has 1 heterocycles. The van der Waals surface area contributed by atoms with Crippen LogP contribution in [-0.4, -0.2) is 11.7 Å².